The Bertz CT molecular complexity index is 736. The third-order valence-corrected chi connectivity index (χ3v) is 3.62. The molecule has 1 heterocycles. The maximum atomic E-state index is 13.9. The molecule has 0 radical (unpaired) electrons. The van der Waals surface area contributed by atoms with E-state index in [0.29, 0.717) is 10.4 Å². The van der Waals surface area contributed by atoms with Gasteiger partial charge in [-0.1, -0.05) is 18.2 Å². The summed E-state index contributed by atoms with van der Waals surface area (Å²) in [6.45, 7) is 0. The molecule has 0 saturated heterocycles. The molecule has 4 nitrogen and oxygen atoms in total. The maximum absolute atomic E-state index is 13.9. The van der Waals surface area contributed by atoms with Gasteiger partial charge in [0.2, 0.25) is 0 Å². The number of amides is 1. The molecule has 0 bridgehead atoms. The standard InChI is InChI=1S/C16H12FNO3S/c17-13-10-11(4-8-16(20)18-21)3-5-12(13)6-7-14(19)15-2-1-9-22-15/h1-10,21H,(H,18,20). The van der Waals surface area contributed by atoms with Crippen molar-refractivity contribution in [2.24, 2.45) is 0 Å². The van der Waals surface area contributed by atoms with Crippen LogP contribution in [0, 0.1) is 5.82 Å². The van der Waals surface area contributed by atoms with E-state index in [-0.39, 0.29) is 11.3 Å². The molecule has 0 aliphatic rings. The summed E-state index contributed by atoms with van der Waals surface area (Å²) >= 11 is 1.32. The number of hydrogen-bond acceptors (Lipinski definition) is 4. The van der Waals surface area contributed by atoms with E-state index in [4.69, 9.17) is 5.21 Å². The zero-order valence-electron chi connectivity index (χ0n) is 11.3. The van der Waals surface area contributed by atoms with Crippen LogP contribution in [0.25, 0.3) is 12.2 Å². The van der Waals surface area contributed by atoms with Crippen LogP contribution >= 0.6 is 11.3 Å². The van der Waals surface area contributed by atoms with Crippen molar-refractivity contribution in [2.75, 3.05) is 0 Å². The molecular formula is C16H12FNO3S. The fraction of sp³-hybridized carbons (Fsp3) is 0. The highest BCUT2D eigenvalue weighted by molar-refractivity contribution is 7.12. The van der Waals surface area contributed by atoms with Gasteiger partial charge in [0.05, 0.1) is 4.88 Å². The van der Waals surface area contributed by atoms with Gasteiger partial charge in [-0.05, 0) is 41.3 Å². The second-order valence-corrected chi connectivity index (χ2v) is 5.21. The van der Waals surface area contributed by atoms with Gasteiger partial charge in [-0.2, -0.15) is 0 Å². The predicted octanol–water partition coefficient (Wildman–Crippen LogP) is 3.30. The summed E-state index contributed by atoms with van der Waals surface area (Å²) in [5.74, 6) is -1.40. The van der Waals surface area contributed by atoms with Crippen LogP contribution in [0.5, 0.6) is 0 Å². The van der Waals surface area contributed by atoms with Crippen LogP contribution in [0.1, 0.15) is 20.8 Å². The van der Waals surface area contributed by atoms with Crippen molar-refractivity contribution >= 4 is 35.2 Å². The van der Waals surface area contributed by atoms with Crippen molar-refractivity contribution in [3.05, 3.63) is 69.7 Å². The lowest BCUT2D eigenvalue weighted by atomic mass is 10.1. The minimum absolute atomic E-state index is 0.182. The molecule has 0 aliphatic carbocycles. The number of hydroxylamine groups is 1. The van der Waals surface area contributed by atoms with Crippen molar-refractivity contribution in [3.63, 3.8) is 0 Å². The van der Waals surface area contributed by atoms with E-state index >= 15 is 0 Å². The van der Waals surface area contributed by atoms with Crippen LogP contribution in [-0.2, 0) is 4.79 Å². The second kappa shape index (κ2) is 7.44. The maximum Gasteiger partial charge on any atom is 0.267 e. The minimum atomic E-state index is -0.703. The average Bonchev–Trinajstić information content (AvgIpc) is 3.05. The lowest BCUT2D eigenvalue weighted by molar-refractivity contribution is -0.124. The molecule has 2 aromatic rings. The topological polar surface area (TPSA) is 66.4 Å². The van der Waals surface area contributed by atoms with Gasteiger partial charge in [0.25, 0.3) is 5.91 Å². The highest BCUT2D eigenvalue weighted by Gasteiger charge is 2.04. The fourth-order valence-electron chi connectivity index (χ4n) is 1.66. The summed E-state index contributed by atoms with van der Waals surface area (Å²) < 4.78 is 13.9. The Labute approximate surface area is 130 Å². The Hall–Kier alpha value is -2.57. The third kappa shape index (κ3) is 4.21. The van der Waals surface area contributed by atoms with Crippen LogP contribution in [0.15, 0.2) is 47.9 Å². The highest BCUT2D eigenvalue weighted by Crippen LogP contribution is 2.15. The number of thiophene rings is 1. The third-order valence-electron chi connectivity index (χ3n) is 2.74. The lowest BCUT2D eigenvalue weighted by Crippen LogP contribution is -2.14. The van der Waals surface area contributed by atoms with Crippen LogP contribution < -0.4 is 5.48 Å². The summed E-state index contributed by atoms with van der Waals surface area (Å²) in [5.41, 5.74) is 2.17. The van der Waals surface area contributed by atoms with Crippen molar-refractivity contribution in [2.45, 2.75) is 0 Å². The second-order valence-electron chi connectivity index (χ2n) is 4.27. The number of carbonyl (C=O) groups excluding carboxylic acids is 2. The van der Waals surface area contributed by atoms with Crippen molar-refractivity contribution in [1.29, 1.82) is 0 Å². The molecule has 0 spiro atoms. The van der Waals surface area contributed by atoms with Gasteiger partial charge >= 0.3 is 0 Å². The molecule has 22 heavy (non-hydrogen) atoms. The first-order valence-corrected chi connectivity index (χ1v) is 7.16. The molecule has 0 saturated carbocycles. The SMILES string of the molecule is O=C(C=Cc1ccc(C=CC(=O)c2cccs2)c(F)c1)NO. The molecule has 1 amide bonds. The Morgan fingerprint density at radius 1 is 1.18 bits per heavy atom. The Kier molecular flexibility index (Phi) is 5.35. The van der Waals surface area contributed by atoms with Crippen LogP contribution in [0.4, 0.5) is 4.39 Å². The van der Waals surface area contributed by atoms with Crippen molar-refractivity contribution < 1.29 is 19.2 Å². The zero-order valence-corrected chi connectivity index (χ0v) is 12.1. The quantitative estimate of drug-likeness (QED) is 0.385. The number of benzene rings is 1. The van der Waals surface area contributed by atoms with Gasteiger partial charge in [-0.15, -0.1) is 11.3 Å². The van der Waals surface area contributed by atoms with E-state index in [0.717, 1.165) is 6.08 Å². The molecule has 0 atom stereocenters. The summed E-state index contributed by atoms with van der Waals surface area (Å²) in [5, 5.41) is 10.1. The Morgan fingerprint density at radius 3 is 2.64 bits per heavy atom. The van der Waals surface area contributed by atoms with E-state index < -0.39 is 11.7 Å². The van der Waals surface area contributed by atoms with Gasteiger partial charge in [0, 0.05) is 11.6 Å². The first-order valence-electron chi connectivity index (χ1n) is 6.28. The number of allylic oxidation sites excluding steroid dienone is 1. The molecule has 1 aromatic carbocycles. The normalized spacial score (nSPS) is 11.2. The monoisotopic (exact) mass is 317 g/mol. The molecule has 1 aromatic heterocycles. The highest BCUT2D eigenvalue weighted by atomic mass is 32.1. The largest absolute Gasteiger partial charge is 0.288 e. The molecule has 112 valence electrons. The fourth-order valence-corrected chi connectivity index (χ4v) is 2.30. The van der Waals surface area contributed by atoms with E-state index in [1.54, 1.807) is 23.6 Å². The summed E-state index contributed by atoms with van der Waals surface area (Å²) in [6.07, 6.45) is 5.16. The molecule has 0 aliphatic heterocycles. The number of ketones is 1. The Balaban J connectivity index is 2.11. The molecule has 0 fully saturated rings. The number of rotatable bonds is 5. The number of hydrogen-bond donors (Lipinski definition) is 2. The average molecular weight is 317 g/mol. The molecule has 2 N–H and O–H groups in total. The molecule has 2 rings (SSSR count). The summed E-state index contributed by atoms with van der Waals surface area (Å²) in [7, 11) is 0. The van der Waals surface area contributed by atoms with E-state index in [2.05, 4.69) is 0 Å². The van der Waals surface area contributed by atoms with Gasteiger partial charge < -0.3 is 0 Å². The molecular weight excluding hydrogens is 305 g/mol. The van der Waals surface area contributed by atoms with Gasteiger partial charge in [0.15, 0.2) is 5.78 Å². The van der Waals surface area contributed by atoms with E-state index in [1.165, 1.54) is 47.2 Å². The van der Waals surface area contributed by atoms with Crippen molar-refractivity contribution in [1.82, 2.24) is 5.48 Å². The van der Waals surface area contributed by atoms with E-state index in [9.17, 15) is 14.0 Å². The molecule has 6 heteroatoms. The van der Waals surface area contributed by atoms with Gasteiger partial charge in [-0.25, -0.2) is 9.87 Å². The van der Waals surface area contributed by atoms with Gasteiger partial charge in [-0.3, -0.25) is 14.8 Å². The zero-order chi connectivity index (χ0) is 15.9. The smallest absolute Gasteiger partial charge is 0.267 e. The van der Waals surface area contributed by atoms with Crippen LogP contribution in [0.2, 0.25) is 0 Å². The van der Waals surface area contributed by atoms with Crippen molar-refractivity contribution in [3.8, 4) is 0 Å². The summed E-state index contributed by atoms with van der Waals surface area (Å²) in [4.78, 5) is 23.2. The lowest BCUT2D eigenvalue weighted by Gasteiger charge is -1.99. The first kappa shape index (κ1) is 15.8. The van der Waals surface area contributed by atoms with Crippen LogP contribution in [-0.4, -0.2) is 16.9 Å². The number of carbonyl (C=O) groups is 2. The number of nitrogens with one attached hydrogen (secondary N) is 1. The summed E-state index contributed by atoms with van der Waals surface area (Å²) in [6, 6.07) is 7.81. The van der Waals surface area contributed by atoms with Crippen LogP contribution in [0.3, 0.4) is 0 Å². The minimum Gasteiger partial charge on any atom is -0.288 e. The predicted molar refractivity (Wildman–Crippen MR) is 83.0 cm³/mol. The number of halogens is 1. The van der Waals surface area contributed by atoms with E-state index in [1.807, 2.05) is 0 Å². The molecule has 0 unspecified atom stereocenters. The van der Waals surface area contributed by atoms with Gasteiger partial charge in [0.1, 0.15) is 5.82 Å². The Morgan fingerprint density at radius 2 is 2.00 bits per heavy atom. The first-order chi connectivity index (χ1) is 10.6.